The molecule has 0 aromatic heterocycles. The summed E-state index contributed by atoms with van der Waals surface area (Å²) < 4.78 is 5.13. The second-order valence-corrected chi connectivity index (χ2v) is 6.56. The summed E-state index contributed by atoms with van der Waals surface area (Å²) in [7, 11) is 1.68. The van der Waals surface area contributed by atoms with Crippen LogP contribution in [-0.2, 0) is 4.74 Å². The summed E-state index contributed by atoms with van der Waals surface area (Å²) in [5.41, 5.74) is 8.97. The Morgan fingerprint density at radius 3 is 1.96 bits per heavy atom. The van der Waals surface area contributed by atoms with E-state index in [1.165, 1.54) is 44.2 Å². The molecule has 0 heterocycles. The van der Waals surface area contributed by atoms with Crippen molar-refractivity contribution in [3.63, 3.8) is 0 Å². The molecule has 0 aliphatic heterocycles. The summed E-state index contributed by atoms with van der Waals surface area (Å²) in [6.45, 7) is 0. The zero-order valence-electron chi connectivity index (χ0n) is 14.6. The summed E-state index contributed by atoms with van der Waals surface area (Å²) in [4.78, 5) is 0. The second kappa shape index (κ2) is 5.89. The van der Waals surface area contributed by atoms with Crippen molar-refractivity contribution < 1.29 is 4.74 Å². The first kappa shape index (κ1) is 15.0. The lowest BCUT2D eigenvalue weighted by atomic mass is 9.92. The van der Waals surface area contributed by atoms with Crippen LogP contribution in [0.5, 0.6) is 0 Å². The molecule has 1 nitrogen and oxygen atoms in total. The van der Waals surface area contributed by atoms with Gasteiger partial charge in [0, 0.05) is 0 Å². The van der Waals surface area contributed by atoms with Crippen LogP contribution in [0, 0.1) is 0 Å². The second-order valence-electron chi connectivity index (χ2n) is 6.56. The molecule has 0 bridgehead atoms. The van der Waals surface area contributed by atoms with Crippen LogP contribution < -0.4 is 0 Å². The van der Waals surface area contributed by atoms with Crippen molar-refractivity contribution in [1.82, 2.24) is 0 Å². The van der Waals surface area contributed by atoms with E-state index in [-0.39, 0.29) is 0 Å². The lowest BCUT2D eigenvalue weighted by molar-refractivity contribution is 0.341. The van der Waals surface area contributed by atoms with Gasteiger partial charge in [0.1, 0.15) is 0 Å². The third kappa shape index (κ3) is 2.11. The Bertz CT molecular complexity index is 1140. The van der Waals surface area contributed by atoms with E-state index in [9.17, 15) is 0 Å². The molecule has 0 saturated heterocycles. The van der Waals surface area contributed by atoms with E-state index < -0.39 is 0 Å². The molecule has 0 unspecified atom stereocenters. The van der Waals surface area contributed by atoms with Crippen LogP contribution in [0.2, 0.25) is 0 Å². The van der Waals surface area contributed by atoms with Gasteiger partial charge in [-0.1, -0.05) is 78.9 Å². The minimum absolute atomic E-state index is 1.16. The third-order valence-corrected chi connectivity index (χ3v) is 5.18. The predicted molar refractivity (Wildman–Crippen MR) is 110 cm³/mol. The fourth-order valence-corrected chi connectivity index (χ4v) is 4.07. The molecule has 1 aliphatic rings. The predicted octanol–water partition coefficient (Wildman–Crippen LogP) is 6.77. The van der Waals surface area contributed by atoms with Crippen molar-refractivity contribution in [2.24, 2.45) is 0 Å². The highest BCUT2D eigenvalue weighted by Gasteiger charge is 2.22. The van der Waals surface area contributed by atoms with Gasteiger partial charge in [0.15, 0.2) is 0 Å². The Morgan fingerprint density at radius 1 is 0.577 bits per heavy atom. The van der Waals surface area contributed by atoms with Crippen molar-refractivity contribution >= 4 is 16.8 Å². The maximum absolute atomic E-state index is 5.13. The average molecular weight is 334 g/mol. The van der Waals surface area contributed by atoms with E-state index in [0.717, 1.165) is 5.56 Å². The lowest BCUT2D eigenvalue weighted by Gasteiger charge is -2.12. The van der Waals surface area contributed by atoms with Crippen molar-refractivity contribution in [1.29, 1.82) is 0 Å². The zero-order valence-corrected chi connectivity index (χ0v) is 14.6. The van der Waals surface area contributed by atoms with Gasteiger partial charge in [0.2, 0.25) is 0 Å². The van der Waals surface area contributed by atoms with Crippen molar-refractivity contribution in [3.8, 4) is 33.4 Å². The Labute approximate surface area is 153 Å². The number of fused-ring (bicyclic) bond motifs is 3. The Kier molecular flexibility index (Phi) is 3.39. The number of hydrogen-bond acceptors (Lipinski definition) is 1. The van der Waals surface area contributed by atoms with Crippen LogP contribution in [-0.4, -0.2) is 7.11 Å². The minimum atomic E-state index is 1.16. The van der Waals surface area contributed by atoms with Gasteiger partial charge in [-0.2, -0.15) is 0 Å². The molecule has 0 saturated carbocycles. The molecule has 124 valence electrons. The van der Waals surface area contributed by atoms with Crippen molar-refractivity contribution in [2.45, 2.75) is 0 Å². The molecule has 5 rings (SSSR count). The van der Waals surface area contributed by atoms with E-state index in [0.29, 0.717) is 0 Å². The van der Waals surface area contributed by atoms with Crippen LogP contribution in [0.15, 0.2) is 85.1 Å². The molecule has 0 amide bonds. The van der Waals surface area contributed by atoms with Crippen molar-refractivity contribution in [2.75, 3.05) is 7.11 Å². The SMILES string of the molecule is COC=Cc1ccccc1-c1ccc2c3c(cccc13)-c1ccccc1-2. The molecule has 0 spiro atoms. The number of hydrogen-bond donors (Lipinski definition) is 0. The number of benzene rings is 4. The van der Waals surface area contributed by atoms with Gasteiger partial charge in [-0.15, -0.1) is 0 Å². The fourth-order valence-electron chi connectivity index (χ4n) is 4.07. The van der Waals surface area contributed by atoms with Gasteiger partial charge >= 0.3 is 0 Å². The first-order valence-corrected chi connectivity index (χ1v) is 8.83. The summed E-state index contributed by atoms with van der Waals surface area (Å²) >= 11 is 0. The Morgan fingerprint density at radius 2 is 1.19 bits per heavy atom. The highest BCUT2D eigenvalue weighted by molar-refractivity contribution is 6.18. The zero-order chi connectivity index (χ0) is 17.5. The Balaban J connectivity index is 1.82. The van der Waals surface area contributed by atoms with Gasteiger partial charge in [-0.3, -0.25) is 0 Å². The fraction of sp³-hybridized carbons (Fsp3) is 0.0400. The van der Waals surface area contributed by atoms with Crippen LogP contribution >= 0.6 is 0 Å². The van der Waals surface area contributed by atoms with Crippen LogP contribution in [0.3, 0.4) is 0 Å². The maximum atomic E-state index is 5.13. The monoisotopic (exact) mass is 334 g/mol. The van der Waals surface area contributed by atoms with Gasteiger partial charge in [-0.05, 0) is 55.8 Å². The molecule has 0 atom stereocenters. The highest BCUT2D eigenvalue weighted by atomic mass is 16.5. The van der Waals surface area contributed by atoms with Gasteiger partial charge < -0.3 is 4.74 Å². The lowest BCUT2D eigenvalue weighted by Crippen LogP contribution is -1.86. The smallest absolute Gasteiger partial charge is 0.0830 e. The molecule has 0 N–H and O–H groups in total. The number of rotatable bonds is 3. The van der Waals surface area contributed by atoms with E-state index in [1.807, 2.05) is 6.08 Å². The first-order valence-electron chi connectivity index (χ1n) is 8.83. The van der Waals surface area contributed by atoms with E-state index in [2.05, 4.69) is 78.9 Å². The largest absolute Gasteiger partial charge is 0.504 e. The van der Waals surface area contributed by atoms with E-state index in [1.54, 1.807) is 13.4 Å². The highest BCUT2D eigenvalue weighted by Crippen LogP contribution is 2.49. The summed E-state index contributed by atoms with van der Waals surface area (Å²) in [6.07, 6.45) is 3.75. The molecular formula is C25H18O. The molecule has 0 fully saturated rings. The number of ether oxygens (including phenoxy) is 1. The van der Waals surface area contributed by atoms with Crippen LogP contribution in [0.4, 0.5) is 0 Å². The molecular weight excluding hydrogens is 316 g/mol. The molecule has 4 aromatic carbocycles. The van der Waals surface area contributed by atoms with Crippen LogP contribution in [0.25, 0.3) is 50.2 Å². The third-order valence-electron chi connectivity index (χ3n) is 5.18. The topological polar surface area (TPSA) is 9.23 Å². The molecule has 26 heavy (non-hydrogen) atoms. The van der Waals surface area contributed by atoms with E-state index >= 15 is 0 Å². The molecule has 1 heteroatoms. The summed E-state index contributed by atoms with van der Waals surface area (Å²) in [5, 5.41) is 2.66. The summed E-state index contributed by atoms with van der Waals surface area (Å²) in [5.74, 6) is 0. The summed E-state index contributed by atoms with van der Waals surface area (Å²) in [6, 6.07) is 28.3. The normalized spacial score (nSPS) is 11.9. The van der Waals surface area contributed by atoms with Gasteiger partial charge in [0.25, 0.3) is 0 Å². The minimum Gasteiger partial charge on any atom is -0.504 e. The number of methoxy groups -OCH3 is 1. The van der Waals surface area contributed by atoms with E-state index in [4.69, 9.17) is 4.74 Å². The molecule has 4 aromatic rings. The van der Waals surface area contributed by atoms with Crippen molar-refractivity contribution in [3.05, 3.63) is 90.7 Å². The maximum Gasteiger partial charge on any atom is 0.0830 e. The molecule has 0 radical (unpaired) electrons. The van der Waals surface area contributed by atoms with Crippen LogP contribution in [0.1, 0.15) is 5.56 Å². The first-order chi connectivity index (χ1) is 12.9. The van der Waals surface area contributed by atoms with Gasteiger partial charge in [-0.25, -0.2) is 0 Å². The molecule has 1 aliphatic carbocycles. The standard InChI is InChI=1S/C25H18O/c1-26-16-15-17-7-2-3-8-18(17)21-13-14-24-20-10-5-4-9-19(20)22-11-6-12-23(21)25(22)24/h2-16H,1H3. The quantitative estimate of drug-likeness (QED) is 0.331. The Hall–Kier alpha value is -3.32. The average Bonchev–Trinajstić information content (AvgIpc) is 3.03. The van der Waals surface area contributed by atoms with Gasteiger partial charge in [0.05, 0.1) is 13.4 Å².